The van der Waals surface area contributed by atoms with Gasteiger partial charge in [0.05, 0.1) is 42.9 Å². The smallest absolute Gasteiger partial charge is 0.427 e. The van der Waals surface area contributed by atoms with Crippen molar-refractivity contribution in [1.29, 1.82) is 0 Å². The van der Waals surface area contributed by atoms with E-state index in [1.54, 1.807) is 25.3 Å². The maximum absolute atomic E-state index is 11.0. The van der Waals surface area contributed by atoms with Crippen LogP contribution in [0.4, 0.5) is 4.79 Å². The number of aryl methyl sites for hydroxylation is 1. The van der Waals surface area contributed by atoms with Gasteiger partial charge in [0.25, 0.3) is 0 Å². The SMILES string of the molecule is COC(=O)N/N=C\c1ccc(OCc2nc3ccccc3nc2C)c(OC)c1. The first-order valence-electron chi connectivity index (χ1n) is 8.51. The van der Waals surface area contributed by atoms with Gasteiger partial charge in [-0.1, -0.05) is 12.1 Å². The van der Waals surface area contributed by atoms with E-state index in [1.807, 2.05) is 31.2 Å². The van der Waals surface area contributed by atoms with Gasteiger partial charge in [0.15, 0.2) is 11.5 Å². The summed E-state index contributed by atoms with van der Waals surface area (Å²) in [6, 6.07) is 13.0. The zero-order valence-corrected chi connectivity index (χ0v) is 15.8. The predicted octanol–water partition coefficient (Wildman–Crippen LogP) is 3.22. The summed E-state index contributed by atoms with van der Waals surface area (Å²) in [7, 11) is 2.82. The molecule has 8 nitrogen and oxygen atoms in total. The van der Waals surface area contributed by atoms with Crippen LogP contribution >= 0.6 is 0 Å². The third kappa shape index (κ3) is 4.53. The first kappa shape index (κ1) is 19.1. The third-order valence-electron chi connectivity index (χ3n) is 3.95. The lowest BCUT2D eigenvalue weighted by atomic mass is 10.2. The average molecular weight is 380 g/mol. The molecule has 0 fully saturated rings. The molecule has 0 atom stereocenters. The highest BCUT2D eigenvalue weighted by atomic mass is 16.5. The minimum atomic E-state index is -0.643. The molecule has 0 aliphatic rings. The summed E-state index contributed by atoms with van der Waals surface area (Å²) in [5, 5.41) is 3.79. The zero-order chi connectivity index (χ0) is 19.9. The van der Waals surface area contributed by atoms with Gasteiger partial charge in [-0.25, -0.2) is 20.2 Å². The molecule has 1 heterocycles. The number of nitrogens with zero attached hydrogens (tertiary/aromatic N) is 3. The summed E-state index contributed by atoms with van der Waals surface area (Å²) in [4.78, 5) is 20.2. The molecule has 0 spiro atoms. The highest BCUT2D eigenvalue weighted by Crippen LogP contribution is 2.28. The molecule has 1 amide bonds. The zero-order valence-electron chi connectivity index (χ0n) is 15.8. The van der Waals surface area contributed by atoms with Crippen molar-refractivity contribution in [3.63, 3.8) is 0 Å². The molecule has 144 valence electrons. The Hall–Kier alpha value is -3.68. The molecule has 0 saturated carbocycles. The van der Waals surface area contributed by atoms with Gasteiger partial charge in [0, 0.05) is 0 Å². The lowest BCUT2D eigenvalue weighted by molar-refractivity contribution is 0.171. The Morgan fingerprint density at radius 3 is 2.57 bits per heavy atom. The van der Waals surface area contributed by atoms with E-state index < -0.39 is 6.09 Å². The number of rotatable bonds is 6. The quantitative estimate of drug-likeness (QED) is 0.521. The number of ether oxygens (including phenoxy) is 3. The van der Waals surface area contributed by atoms with E-state index in [-0.39, 0.29) is 6.61 Å². The minimum absolute atomic E-state index is 0.261. The van der Waals surface area contributed by atoms with Crippen molar-refractivity contribution in [3.8, 4) is 11.5 Å². The van der Waals surface area contributed by atoms with Crippen LogP contribution in [-0.2, 0) is 11.3 Å². The number of carbonyl (C=O) groups is 1. The number of hydrazone groups is 1. The van der Waals surface area contributed by atoms with E-state index in [2.05, 4.69) is 25.2 Å². The summed E-state index contributed by atoms with van der Waals surface area (Å²) >= 11 is 0. The number of amides is 1. The van der Waals surface area contributed by atoms with Gasteiger partial charge in [0.1, 0.15) is 6.61 Å². The van der Waals surface area contributed by atoms with Crippen molar-refractivity contribution in [2.75, 3.05) is 14.2 Å². The number of hydrogen-bond donors (Lipinski definition) is 1. The molecular weight excluding hydrogens is 360 g/mol. The Morgan fingerprint density at radius 1 is 1.11 bits per heavy atom. The number of nitrogens with one attached hydrogen (secondary N) is 1. The van der Waals surface area contributed by atoms with Crippen LogP contribution in [0.25, 0.3) is 11.0 Å². The molecule has 3 aromatic rings. The molecule has 1 N–H and O–H groups in total. The second kappa shape index (κ2) is 8.81. The third-order valence-corrected chi connectivity index (χ3v) is 3.95. The van der Waals surface area contributed by atoms with Crippen molar-refractivity contribution >= 4 is 23.3 Å². The fraction of sp³-hybridized carbons (Fsp3) is 0.200. The molecule has 3 rings (SSSR count). The highest BCUT2D eigenvalue weighted by Gasteiger charge is 2.09. The van der Waals surface area contributed by atoms with E-state index >= 15 is 0 Å². The Balaban J connectivity index is 1.73. The van der Waals surface area contributed by atoms with Crippen LogP contribution in [0.15, 0.2) is 47.6 Å². The van der Waals surface area contributed by atoms with Gasteiger partial charge in [0.2, 0.25) is 0 Å². The van der Waals surface area contributed by atoms with E-state index in [0.29, 0.717) is 11.5 Å². The Kier molecular flexibility index (Phi) is 6.01. The lowest BCUT2D eigenvalue weighted by Crippen LogP contribution is -2.16. The molecule has 0 aliphatic heterocycles. The second-order valence-corrected chi connectivity index (χ2v) is 5.80. The van der Waals surface area contributed by atoms with Gasteiger partial charge in [-0.2, -0.15) is 5.10 Å². The monoisotopic (exact) mass is 380 g/mol. The fourth-order valence-corrected chi connectivity index (χ4v) is 2.50. The summed E-state index contributed by atoms with van der Waals surface area (Å²) < 4.78 is 15.7. The molecule has 28 heavy (non-hydrogen) atoms. The van der Waals surface area contributed by atoms with Crippen molar-refractivity contribution < 1.29 is 19.0 Å². The van der Waals surface area contributed by atoms with E-state index in [1.165, 1.54) is 13.3 Å². The van der Waals surface area contributed by atoms with Gasteiger partial charge in [-0.15, -0.1) is 0 Å². The highest BCUT2D eigenvalue weighted by molar-refractivity contribution is 5.82. The van der Waals surface area contributed by atoms with Crippen LogP contribution in [0.5, 0.6) is 11.5 Å². The average Bonchev–Trinajstić information content (AvgIpc) is 2.72. The van der Waals surface area contributed by atoms with Crippen molar-refractivity contribution in [3.05, 3.63) is 59.4 Å². The number of methoxy groups -OCH3 is 2. The Labute approximate surface area is 162 Å². The maximum atomic E-state index is 11.0. The lowest BCUT2D eigenvalue weighted by Gasteiger charge is -2.12. The van der Waals surface area contributed by atoms with E-state index in [0.717, 1.165) is 28.0 Å². The summed E-state index contributed by atoms with van der Waals surface area (Å²) in [5.74, 6) is 1.10. The van der Waals surface area contributed by atoms with E-state index in [4.69, 9.17) is 9.47 Å². The largest absolute Gasteiger partial charge is 0.493 e. The molecule has 0 aliphatic carbocycles. The molecule has 2 aromatic carbocycles. The molecule has 0 radical (unpaired) electrons. The summed E-state index contributed by atoms with van der Waals surface area (Å²) in [6.45, 7) is 2.17. The molecule has 0 bridgehead atoms. The Morgan fingerprint density at radius 2 is 1.86 bits per heavy atom. The molecule has 0 unspecified atom stereocenters. The van der Waals surface area contributed by atoms with Crippen LogP contribution in [0.1, 0.15) is 17.0 Å². The number of fused-ring (bicyclic) bond motifs is 1. The van der Waals surface area contributed by atoms with E-state index in [9.17, 15) is 4.79 Å². The van der Waals surface area contributed by atoms with Gasteiger partial charge >= 0.3 is 6.09 Å². The van der Waals surface area contributed by atoms with Crippen LogP contribution in [0.3, 0.4) is 0 Å². The standard InChI is InChI=1S/C20H20N4O4/c1-13-17(23-16-7-5-4-6-15(16)22-13)12-28-18-9-8-14(10-19(18)26-2)11-21-24-20(25)27-3/h4-11H,12H2,1-3H3,(H,24,25)/b21-11-. The van der Waals surface area contributed by atoms with Crippen molar-refractivity contribution in [1.82, 2.24) is 15.4 Å². The van der Waals surface area contributed by atoms with Gasteiger partial charge < -0.3 is 14.2 Å². The molecule has 1 aromatic heterocycles. The van der Waals surface area contributed by atoms with Crippen LogP contribution < -0.4 is 14.9 Å². The number of para-hydroxylation sites is 2. The Bertz CT molecular complexity index is 1020. The molecule has 8 heteroatoms. The summed E-state index contributed by atoms with van der Waals surface area (Å²) in [6.07, 6.45) is 0.831. The van der Waals surface area contributed by atoms with Crippen molar-refractivity contribution in [2.24, 2.45) is 5.10 Å². The maximum Gasteiger partial charge on any atom is 0.427 e. The second-order valence-electron chi connectivity index (χ2n) is 5.80. The number of benzene rings is 2. The fourth-order valence-electron chi connectivity index (χ4n) is 2.50. The first-order chi connectivity index (χ1) is 13.6. The first-order valence-corrected chi connectivity index (χ1v) is 8.51. The number of aromatic nitrogens is 2. The molecular formula is C20H20N4O4. The molecule has 0 saturated heterocycles. The van der Waals surface area contributed by atoms with Crippen LogP contribution in [0.2, 0.25) is 0 Å². The van der Waals surface area contributed by atoms with Crippen molar-refractivity contribution in [2.45, 2.75) is 13.5 Å². The minimum Gasteiger partial charge on any atom is -0.493 e. The number of hydrogen-bond acceptors (Lipinski definition) is 7. The predicted molar refractivity (Wildman–Crippen MR) is 105 cm³/mol. The summed E-state index contributed by atoms with van der Waals surface area (Å²) in [5.41, 5.74) is 6.19. The van der Waals surface area contributed by atoms with Gasteiger partial charge in [-0.3, -0.25) is 0 Å². The topological polar surface area (TPSA) is 94.9 Å². The van der Waals surface area contributed by atoms with Gasteiger partial charge in [-0.05, 0) is 42.8 Å². The normalized spacial score (nSPS) is 10.8. The van der Waals surface area contributed by atoms with Crippen LogP contribution in [-0.4, -0.2) is 36.5 Å². The van der Waals surface area contributed by atoms with Crippen LogP contribution in [0, 0.1) is 6.92 Å². The number of carbonyl (C=O) groups excluding carboxylic acids is 1.